The van der Waals surface area contributed by atoms with Gasteiger partial charge in [-0.2, -0.15) is 0 Å². The first-order valence-electron chi connectivity index (χ1n) is 7.48. The number of carbonyl (C=O) groups is 1. The first-order chi connectivity index (χ1) is 11.2. The number of aryl methyl sites for hydroxylation is 1. The van der Waals surface area contributed by atoms with Gasteiger partial charge in [0.05, 0.1) is 17.2 Å². The van der Waals surface area contributed by atoms with Gasteiger partial charge in [-0.25, -0.2) is 9.97 Å². The highest BCUT2D eigenvalue weighted by Gasteiger charge is 2.06. The molecule has 2 aromatic carbocycles. The Morgan fingerprint density at radius 1 is 1.09 bits per heavy atom. The van der Waals surface area contributed by atoms with Crippen molar-refractivity contribution in [3.05, 3.63) is 60.3 Å². The average Bonchev–Trinajstić information content (AvgIpc) is 2.60. The maximum atomic E-state index is 11.9. The van der Waals surface area contributed by atoms with Gasteiger partial charge in [0.15, 0.2) is 6.61 Å². The van der Waals surface area contributed by atoms with Gasteiger partial charge < -0.3 is 10.1 Å². The molecular weight excluding hydrogens is 290 g/mol. The average molecular weight is 307 g/mol. The number of ether oxygens (including phenoxy) is 1. The van der Waals surface area contributed by atoms with Crippen LogP contribution in [0.1, 0.15) is 12.5 Å². The Morgan fingerprint density at radius 3 is 2.57 bits per heavy atom. The minimum absolute atomic E-state index is 0.109. The van der Waals surface area contributed by atoms with Crippen LogP contribution in [0.3, 0.4) is 0 Å². The Labute approximate surface area is 134 Å². The predicted octanol–water partition coefficient (Wildman–Crippen LogP) is 3.21. The number of fused-ring (bicyclic) bond motifs is 1. The Bertz CT molecular complexity index is 816. The molecule has 0 spiro atoms. The van der Waals surface area contributed by atoms with E-state index >= 15 is 0 Å². The third-order valence-corrected chi connectivity index (χ3v) is 3.42. The zero-order chi connectivity index (χ0) is 16.1. The van der Waals surface area contributed by atoms with Gasteiger partial charge in [0, 0.05) is 5.69 Å². The SMILES string of the molecule is CCc1ccc(NC(=O)COc2cnc3ccccc3n2)cc1. The van der Waals surface area contributed by atoms with E-state index in [1.807, 2.05) is 48.5 Å². The molecule has 0 aliphatic rings. The second-order valence-electron chi connectivity index (χ2n) is 5.08. The van der Waals surface area contributed by atoms with Crippen molar-refractivity contribution in [1.82, 2.24) is 9.97 Å². The van der Waals surface area contributed by atoms with E-state index in [1.165, 1.54) is 11.8 Å². The van der Waals surface area contributed by atoms with Gasteiger partial charge in [0.1, 0.15) is 0 Å². The number of hydrogen-bond donors (Lipinski definition) is 1. The predicted molar refractivity (Wildman–Crippen MR) is 89.5 cm³/mol. The highest BCUT2D eigenvalue weighted by atomic mass is 16.5. The summed E-state index contributed by atoms with van der Waals surface area (Å²) in [5, 5.41) is 2.79. The summed E-state index contributed by atoms with van der Waals surface area (Å²) in [4.78, 5) is 20.5. The van der Waals surface area contributed by atoms with E-state index in [0.717, 1.165) is 23.1 Å². The molecule has 0 atom stereocenters. The van der Waals surface area contributed by atoms with Crippen molar-refractivity contribution in [2.45, 2.75) is 13.3 Å². The molecular formula is C18H17N3O2. The van der Waals surface area contributed by atoms with Crippen molar-refractivity contribution in [3.63, 3.8) is 0 Å². The summed E-state index contributed by atoms with van der Waals surface area (Å²) in [5.74, 6) is 0.101. The number of carbonyl (C=O) groups excluding carboxylic acids is 1. The van der Waals surface area contributed by atoms with Crippen molar-refractivity contribution in [3.8, 4) is 5.88 Å². The number of anilines is 1. The quantitative estimate of drug-likeness (QED) is 0.786. The van der Waals surface area contributed by atoms with Crippen molar-refractivity contribution < 1.29 is 9.53 Å². The third kappa shape index (κ3) is 3.83. The number of nitrogens with zero attached hydrogens (tertiary/aromatic N) is 2. The number of aromatic nitrogens is 2. The molecule has 1 aromatic heterocycles. The fraction of sp³-hybridized carbons (Fsp3) is 0.167. The van der Waals surface area contributed by atoms with E-state index in [1.54, 1.807) is 0 Å². The van der Waals surface area contributed by atoms with E-state index in [-0.39, 0.29) is 12.5 Å². The first-order valence-corrected chi connectivity index (χ1v) is 7.48. The molecule has 0 saturated heterocycles. The molecule has 0 bridgehead atoms. The van der Waals surface area contributed by atoms with E-state index in [9.17, 15) is 4.79 Å². The normalized spacial score (nSPS) is 10.5. The Morgan fingerprint density at radius 2 is 1.83 bits per heavy atom. The Balaban J connectivity index is 1.58. The summed E-state index contributed by atoms with van der Waals surface area (Å²) >= 11 is 0. The van der Waals surface area contributed by atoms with E-state index < -0.39 is 0 Å². The number of nitrogens with one attached hydrogen (secondary N) is 1. The fourth-order valence-electron chi connectivity index (χ4n) is 2.17. The maximum Gasteiger partial charge on any atom is 0.262 e. The zero-order valence-electron chi connectivity index (χ0n) is 12.8. The highest BCUT2D eigenvalue weighted by Crippen LogP contribution is 2.13. The standard InChI is InChI=1S/C18H17N3O2/c1-2-13-7-9-14(10-8-13)20-17(22)12-23-18-11-19-15-5-3-4-6-16(15)21-18/h3-11H,2,12H2,1H3,(H,20,22). The minimum Gasteiger partial charge on any atom is -0.466 e. The van der Waals surface area contributed by atoms with Crippen LogP contribution in [0.2, 0.25) is 0 Å². The molecule has 1 heterocycles. The van der Waals surface area contributed by atoms with E-state index in [4.69, 9.17) is 4.74 Å². The second-order valence-corrected chi connectivity index (χ2v) is 5.08. The molecule has 1 N–H and O–H groups in total. The van der Waals surface area contributed by atoms with Crippen LogP contribution in [0.25, 0.3) is 11.0 Å². The van der Waals surface area contributed by atoms with Crippen LogP contribution in [0.4, 0.5) is 5.69 Å². The van der Waals surface area contributed by atoms with Gasteiger partial charge in [-0.1, -0.05) is 31.2 Å². The molecule has 0 fully saturated rings. The van der Waals surface area contributed by atoms with Gasteiger partial charge >= 0.3 is 0 Å². The topological polar surface area (TPSA) is 64.1 Å². The molecule has 5 heteroatoms. The number of amides is 1. The zero-order valence-corrected chi connectivity index (χ0v) is 12.8. The van der Waals surface area contributed by atoms with Crippen LogP contribution in [0.15, 0.2) is 54.7 Å². The summed E-state index contributed by atoms with van der Waals surface area (Å²) in [6.45, 7) is 1.98. The number of rotatable bonds is 5. The van der Waals surface area contributed by atoms with E-state index in [0.29, 0.717) is 5.88 Å². The van der Waals surface area contributed by atoms with Gasteiger partial charge in [-0.05, 0) is 36.2 Å². The molecule has 0 radical (unpaired) electrons. The van der Waals surface area contributed by atoms with Crippen molar-refractivity contribution in [2.75, 3.05) is 11.9 Å². The van der Waals surface area contributed by atoms with Crippen LogP contribution in [-0.2, 0) is 11.2 Å². The monoisotopic (exact) mass is 307 g/mol. The minimum atomic E-state index is -0.232. The lowest BCUT2D eigenvalue weighted by atomic mass is 10.1. The summed E-state index contributed by atoms with van der Waals surface area (Å²) in [6, 6.07) is 15.3. The van der Waals surface area contributed by atoms with Gasteiger partial charge in [-0.15, -0.1) is 0 Å². The van der Waals surface area contributed by atoms with Gasteiger partial charge in [-0.3, -0.25) is 4.79 Å². The maximum absolute atomic E-state index is 11.9. The highest BCUT2D eigenvalue weighted by molar-refractivity contribution is 5.91. The van der Waals surface area contributed by atoms with Crippen molar-refractivity contribution in [1.29, 1.82) is 0 Å². The summed E-state index contributed by atoms with van der Waals surface area (Å²) < 4.78 is 5.41. The lowest BCUT2D eigenvalue weighted by Crippen LogP contribution is -2.20. The molecule has 23 heavy (non-hydrogen) atoms. The molecule has 5 nitrogen and oxygen atoms in total. The molecule has 0 aliphatic heterocycles. The summed E-state index contributed by atoms with van der Waals surface area (Å²) in [7, 11) is 0. The van der Waals surface area contributed by atoms with E-state index in [2.05, 4.69) is 22.2 Å². The molecule has 3 aromatic rings. The third-order valence-electron chi connectivity index (χ3n) is 3.42. The Hall–Kier alpha value is -2.95. The summed E-state index contributed by atoms with van der Waals surface area (Å²) in [5.41, 5.74) is 3.51. The Kier molecular flexibility index (Phi) is 4.47. The van der Waals surface area contributed by atoms with Crippen LogP contribution < -0.4 is 10.1 Å². The first kappa shape index (κ1) is 15.0. The second kappa shape index (κ2) is 6.87. The molecule has 0 saturated carbocycles. The largest absolute Gasteiger partial charge is 0.466 e. The molecule has 0 aliphatic carbocycles. The fourth-order valence-corrected chi connectivity index (χ4v) is 2.17. The molecule has 1 amide bonds. The van der Waals surface area contributed by atoms with Crippen molar-refractivity contribution in [2.24, 2.45) is 0 Å². The smallest absolute Gasteiger partial charge is 0.262 e. The molecule has 3 rings (SSSR count). The number of para-hydroxylation sites is 2. The van der Waals surface area contributed by atoms with Crippen molar-refractivity contribution >= 4 is 22.6 Å². The lowest BCUT2D eigenvalue weighted by molar-refractivity contribution is -0.118. The number of benzene rings is 2. The van der Waals surface area contributed by atoms with Crippen LogP contribution in [-0.4, -0.2) is 22.5 Å². The number of hydrogen-bond acceptors (Lipinski definition) is 4. The van der Waals surface area contributed by atoms with Crippen LogP contribution in [0.5, 0.6) is 5.88 Å². The summed E-state index contributed by atoms with van der Waals surface area (Å²) in [6.07, 6.45) is 2.49. The van der Waals surface area contributed by atoms with Crippen LogP contribution >= 0.6 is 0 Å². The van der Waals surface area contributed by atoms with Gasteiger partial charge in [0.25, 0.3) is 5.91 Å². The molecule has 116 valence electrons. The lowest BCUT2D eigenvalue weighted by Gasteiger charge is -2.07. The van der Waals surface area contributed by atoms with Crippen LogP contribution in [0, 0.1) is 0 Å². The molecule has 0 unspecified atom stereocenters. The van der Waals surface area contributed by atoms with Gasteiger partial charge in [0.2, 0.25) is 5.88 Å².